The number of carbonyl (C=O) groups excluding carboxylic acids is 1. The van der Waals surface area contributed by atoms with Gasteiger partial charge < -0.3 is 9.32 Å². The zero-order valence-corrected chi connectivity index (χ0v) is 22.2. The number of hydrogen-bond donors (Lipinski definition) is 0. The van der Waals surface area contributed by atoms with Gasteiger partial charge in [-0.05, 0) is 106 Å². The zero-order chi connectivity index (χ0) is 25.4. The van der Waals surface area contributed by atoms with Crippen LogP contribution >= 0.6 is 11.8 Å². The molecule has 3 aromatic rings. The van der Waals surface area contributed by atoms with Gasteiger partial charge in [0.1, 0.15) is 5.76 Å². The Labute approximate surface area is 217 Å². The molecule has 36 heavy (non-hydrogen) atoms. The van der Waals surface area contributed by atoms with Gasteiger partial charge in [-0.2, -0.15) is 0 Å². The second kappa shape index (κ2) is 9.51. The Morgan fingerprint density at radius 1 is 1.08 bits per heavy atom. The fourth-order valence-electron chi connectivity index (χ4n) is 5.02. The molecule has 2 aliphatic heterocycles. The number of allylic oxidation sites excluding steroid dienone is 1. The van der Waals surface area contributed by atoms with Crippen molar-refractivity contribution < 1.29 is 9.21 Å². The van der Waals surface area contributed by atoms with Crippen LogP contribution in [0.4, 0.5) is 11.4 Å². The van der Waals surface area contributed by atoms with Crippen molar-refractivity contribution in [2.75, 3.05) is 11.4 Å². The summed E-state index contributed by atoms with van der Waals surface area (Å²) in [5.41, 5.74) is 6.69. The fraction of sp³-hybridized carbons (Fsp3) is 0.267. The van der Waals surface area contributed by atoms with Crippen molar-refractivity contribution >= 4 is 45.9 Å². The third-order valence-corrected chi connectivity index (χ3v) is 7.74. The van der Waals surface area contributed by atoms with E-state index in [1.165, 1.54) is 28.6 Å². The van der Waals surface area contributed by atoms with Crippen LogP contribution in [0, 0.1) is 6.92 Å². The molecule has 2 aromatic carbocycles. The maximum atomic E-state index is 13.6. The Kier molecular flexibility index (Phi) is 6.39. The molecule has 0 N–H and O–H groups in total. The topological polar surface area (TPSA) is 49.0 Å². The maximum Gasteiger partial charge on any atom is 0.267 e. The van der Waals surface area contributed by atoms with Gasteiger partial charge in [0.2, 0.25) is 0 Å². The minimum Gasteiger partial charge on any atom is -0.467 e. The average molecular weight is 498 g/mol. The molecular formula is C30H31N3O2S. The van der Waals surface area contributed by atoms with Gasteiger partial charge in [0.05, 0.1) is 28.9 Å². The van der Waals surface area contributed by atoms with E-state index in [9.17, 15) is 4.79 Å². The van der Waals surface area contributed by atoms with Crippen LogP contribution < -0.4 is 4.90 Å². The van der Waals surface area contributed by atoms with Gasteiger partial charge >= 0.3 is 0 Å². The summed E-state index contributed by atoms with van der Waals surface area (Å²) in [7, 11) is 0. The second-order valence-corrected chi connectivity index (χ2v) is 10.8. The molecule has 5 nitrogen and oxygen atoms in total. The molecule has 184 valence electrons. The first-order valence-corrected chi connectivity index (χ1v) is 13.1. The molecule has 0 aliphatic carbocycles. The largest absolute Gasteiger partial charge is 0.467 e. The molecule has 1 saturated heterocycles. The summed E-state index contributed by atoms with van der Waals surface area (Å²) in [6.07, 6.45) is 5.96. The molecule has 0 bridgehead atoms. The first-order chi connectivity index (χ1) is 17.3. The van der Waals surface area contributed by atoms with Crippen molar-refractivity contribution in [3.8, 4) is 0 Å². The molecule has 6 heteroatoms. The van der Waals surface area contributed by atoms with Crippen LogP contribution in [0.15, 0.2) is 81.3 Å². The molecule has 0 atom stereocenters. The minimum atomic E-state index is -0.0632. The summed E-state index contributed by atoms with van der Waals surface area (Å²) in [6.45, 7) is 12.3. The van der Waals surface area contributed by atoms with Crippen molar-refractivity contribution in [2.45, 2.75) is 46.7 Å². The van der Waals surface area contributed by atoms with Crippen LogP contribution in [0.5, 0.6) is 0 Å². The van der Waals surface area contributed by atoms with Crippen molar-refractivity contribution in [1.29, 1.82) is 0 Å². The van der Waals surface area contributed by atoms with E-state index in [-0.39, 0.29) is 11.4 Å². The molecule has 1 fully saturated rings. The molecule has 0 radical (unpaired) electrons. The number of fused-ring (bicyclic) bond motifs is 1. The molecule has 2 aliphatic rings. The van der Waals surface area contributed by atoms with Crippen LogP contribution in [-0.2, 0) is 11.3 Å². The smallest absolute Gasteiger partial charge is 0.267 e. The summed E-state index contributed by atoms with van der Waals surface area (Å²) >= 11 is 1.41. The van der Waals surface area contributed by atoms with Crippen molar-refractivity contribution in [2.24, 2.45) is 4.99 Å². The molecule has 5 rings (SSSR count). The quantitative estimate of drug-likeness (QED) is 0.344. The SMILES string of the molecule is CCN1c2cc(C)c(/C=C3/SC(=Nc4ccccc4)N(Cc4ccco4)C3=O)cc2C(C)=CC1(C)C. The minimum absolute atomic E-state index is 0.0370. The van der Waals surface area contributed by atoms with Gasteiger partial charge in [0.15, 0.2) is 5.17 Å². The fourth-order valence-corrected chi connectivity index (χ4v) is 6.01. The van der Waals surface area contributed by atoms with Gasteiger partial charge in [-0.1, -0.05) is 24.3 Å². The van der Waals surface area contributed by atoms with Gasteiger partial charge in [-0.25, -0.2) is 4.99 Å². The van der Waals surface area contributed by atoms with E-state index in [0.29, 0.717) is 16.6 Å². The van der Waals surface area contributed by atoms with E-state index < -0.39 is 0 Å². The highest BCUT2D eigenvalue weighted by Crippen LogP contribution is 2.42. The third-order valence-electron chi connectivity index (χ3n) is 6.73. The molecule has 0 saturated carbocycles. The lowest BCUT2D eigenvalue weighted by atomic mass is 9.87. The lowest BCUT2D eigenvalue weighted by Crippen LogP contribution is -2.44. The second-order valence-electron chi connectivity index (χ2n) is 9.76. The standard InChI is InChI=1S/C30H31N3O2S/c1-6-33-26-15-20(2)22(16-25(26)21(3)18-30(33,4)5)17-27-28(34)32(19-24-13-10-14-35-24)29(36-27)31-23-11-8-7-9-12-23/h7-18H,6,19H2,1-5H3/b27-17+,31-29?. The van der Waals surface area contributed by atoms with Gasteiger partial charge in [0.25, 0.3) is 5.91 Å². The average Bonchev–Trinajstić information content (AvgIpc) is 3.45. The molecule has 0 spiro atoms. The van der Waals surface area contributed by atoms with Crippen LogP contribution in [0.3, 0.4) is 0 Å². The van der Waals surface area contributed by atoms with Gasteiger partial charge in [-0.3, -0.25) is 9.69 Å². The summed E-state index contributed by atoms with van der Waals surface area (Å²) in [4.78, 5) is 23.2. The van der Waals surface area contributed by atoms with Gasteiger partial charge in [-0.15, -0.1) is 0 Å². The number of para-hydroxylation sites is 1. The maximum absolute atomic E-state index is 13.6. The highest BCUT2D eigenvalue weighted by Gasteiger charge is 2.35. The predicted molar refractivity (Wildman–Crippen MR) is 150 cm³/mol. The number of likely N-dealkylation sites (N-methyl/N-ethyl adjacent to an activating group) is 1. The normalized spacial score (nSPS) is 19.2. The number of carbonyl (C=O) groups is 1. The molecule has 3 heterocycles. The zero-order valence-electron chi connectivity index (χ0n) is 21.4. The van der Waals surface area contributed by atoms with E-state index in [2.05, 4.69) is 57.7 Å². The molecular weight excluding hydrogens is 466 g/mol. The van der Waals surface area contributed by atoms with E-state index in [1.807, 2.05) is 48.5 Å². The highest BCUT2D eigenvalue weighted by molar-refractivity contribution is 8.18. The third kappa shape index (κ3) is 4.53. The number of rotatable bonds is 5. The number of hydrogen-bond acceptors (Lipinski definition) is 5. The number of amidine groups is 1. The van der Waals surface area contributed by atoms with Crippen LogP contribution in [0.2, 0.25) is 0 Å². The van der Waals surface area contributed by atoms with E-state index >= 15 is 0 Å². The molecule has 1 aromatic heterocycles. The summed E-state index contributed by atoms with van der Waals surface area (Å²) in [5.74, 6) is 0.658. The summed E-state index contributed by atoms with van der Waals surface area (Å²) < 4.78 is 5.54. The van der Waals surface area contributed by atoms with Crippen LogP contribution in [-0.4, -0.2) is 28.1 Å². The van der Waals surface area contributed by atoms with Crippen molar-refractivity contribution in [1.82, 2.24) is 4.90 Å². The lowest BCUT2D eigenvalue weighted by molar-refractivity contribution is -0.122. The number of nitrogens with zero attached hydrogens (tertiary/aromatic N) is 3. The first-order valence-electron chi connectivity index (χ1n) is 12.3. The number of amides is 1. The Morgan fingerprint density at radius 2 is 1.86 bits per heavy atom. The number of aryl methyl sites for hydroxylation is 1. The van der Waals surface area contributed by atoms with E-state index in [0.717, 1.165) is 29.1 Å². The lowest BCUT2D eigenvalue weighted by Gasteiger charge is -2.43. The van der Waals surface area contributed by atoms with Crippen LogP contribution in [0.1, 0.15) is 50.1 Å². The van der Waals surface area contributed by atoms with Gasteiger partial charge in [0, 0.05) is 17.8 Å². The molecule has 0 unspecified atom stereocenters. The van der Waals surface area contributed by atoms with Crippen LogP contribution in [0.25, 0.3) is 11.6 Å². The number of anilines is 1. The van der Waals surface area contributed by atoms with E-state index in [1.54, 1.807) is 11.2 Å². The number of thioether (sulfide) groups is 1. The Morgan fingerprint density at radius 3 is 2.56 bits per heavy atom. The monoisotopic (exact) mass is 497 g/mol. The van der Waals surface area contributed by atoms with Crippen molar-refractivity contribution in [3.63, 3.8) is 0 Å². The predicted octanol–water partition coefficient (Wildman–Crippen LogP) is 7.41. The first kappa shape index (κ1) is 24.2. The summed E-state index contributed by atoms with van der Waals surface area (Å²) in [6, 6.07) is 17.9. The summed E-state index contributed by atoms with van der Waals surface area (Å²) in [5, 5.41) is 0.652. The number of benzene rings is 2. The number of furan rings is 1. The van der Waals surface area contributed by atoms with E-state index in [4.69, 9.17) is 9.41 Å². The van der Waals surface area contributed by atoms with Crippen molar-refractivity contribution in [3.05, 3.63) is 94.3 Å². The Balaban J connectivity index is 1.54. The Hall–Kier alpha value is -3.51. The Bertz CT molecular complexity index is 1390. The number of aliphatic imine (C=N–C) groups is 1. The highest BCUT2D eigenvalue weighted by atomic mass is 32.2. The molecule has 1 amide bonds.